The van der Waals surface area contributed by atoms with Gasteiger partial charge in [-0.25, -0.2) is 4.98 Å². The quantitative estimate of drug-likeness (QED) is 0.133. The molecule has 1 unspecified atom stereocenters. The molecule has 0 aromatic carbocycles. The van der Waals surface area contributed by atoms with Gasteiger partial charge in [-0.3, -0.25) is 14.8 Å². The Kier molecular flexibility index (Phi) is 16.5. The van der Waals surface area contributed by atoms with Gasteiger partial charge in [-0.1, -0.05) is 64.8 Å². The van der Waals surface area contributed by atoms with Crippen LogP contribution in [0.4, 0.5) is 17.3 Å². The van der Waals surface area contributed by atoms with Crippen molar-refractivity contribution in [2.75, 3.05) is 63.1 Å². The third-order valence-corrected chi connectivity index (χ3v) is 9.53. The Morgan fingerprint density at radius 3 is 2.38 bits per heavy atom. The number of piperidine rings is 1. The summed E-state index contributed by atoms with van der Waals surface area (Å²) in [5, 5.41) is 14.1. The van der Waals surface area contributed by atoms with Crippen molar-refractivity contribution in [3.05, 3.63) is 53.4 Å². The van der Waals surface area contributed by atoms with Gasteiger partial charge in [0.1, 0.15) is 0 Å². The average Bonchev–Trinajstić information content (AvgIpc) is 3.78. The van der Waals surface area contributed by atoms with E-state index < -0.39 is 0 Å². The lowest BCUT2D eigenvalue weighted by Crippen LogP contribution is -2.58. The van der Waals surface area contributed by atoms with Crippen LogP contribution in [0.25, 0.3) is 0 Å². The summed E-state index contributed by atoms with van der Waals surface area (Å²) in [4.78, 5) is 16.5. The normalized spacial score (nSPS) is 19.4. The van der Waals surface area contributed by atoms with Gasteiger partial charge in [-0.2, -0.15) is 8.75 Å². The number of nitrogens with zero attached hydrogens (tertiary/aromatic N) is 7. The van der Waals surface area contributed by atoms with E-state index in [1.54, 1.807) is 19.4 Å². The second-order valence-corrected chi connectivity index (χ2v) is 13.5. The van der Waals surface area contributed by atoms with Crippen molar-refractivity contribution in [2.45, 2.75) is 92.7 Å². The lowest BCUT2D eigenvalue weighted by Gasteiger charge is -2.47. The van der Waals surface area contributed by atoms with E-state index in [9.17, 15) is 5.11 Å². The van der Waals surface area contributed by atoms with Crippen molar-refractivity contribution < 1.29 is 9.84 Å². The zero-order chi connectivity index (χ0) is 35.1. The maximum atomic E-state index is 10.9. The number of piperazine rings is 1. The van der Waals surface area contributed by atoms with Crippen LogP contribution >= 0.6 is 11.7 Å². The van der Waals surface area contributed by atoms with E-state index in [2.05, 4.69) is 79.1 Å². The Morgan fingerprint density at radius 1 is 1.12 bits per heavy atom. The molecule has 48 heavy (non-hydrogen) atoms. The van der Waals surface area contributed by atoms with Crippen LogP contribution in [0.1, 0.15) is 79.3 Å². The predicted octanol–water partition coefficient (Wildman–Crippen LogP) is 7.62. The van der Waals surface area contributed by atoms with Crippen LogP contribution in [0, 0.1) is 12.8 Å². The van der Waals surface area contributed by atoms with Crippen LogP contribution in [0.2, 0.25) is 0 Å². The molecule has 1 atom stereocenters. The molecular weight excluding hydrogens is 621 g/mol. The third kappa shape index (κ3) is 12.0. The summed E-state index contributed by atoms with van der Waals surface area (Å²) in [7, 11) is 1.62. The first-order valence-electron chi connectivity index (χ1n) is 17.7. The second kappa shape index (κ2) is 20.3. The van der Waals surface area contributed by atoms with Crippen LogP contribution in [0.5, 0.6) is 5.75 Å². The molecule has 0 radical (unpaired) electrons. The Labute approximate surface area is 294 Å². The van der Waals surface area contributed by atoms with Crippen molar-refractivity contribution >= 4 is 35.5 Å². The van der Waals surface area contributed by atoms with Crippen molar-refractivity contribution in [1.29, 1.82) is 0 Å². The van der Waals surface area contributed by atoms with E-state index in [1.807, 2.05) is 26.8 Å². The van der Waals surface area contributed by atoms with E-state index in [4.69, 9.17) is 4.74 Å². The van der Waals surface area contributed by atoms with Crippen LogP contribution in [0.15, 0.2) is 52.7 Å². The summed E-state index contributed by atoms with van der Waals surface area (Å²) in [5.41, 5.74) is 5.21. The minimum atomic E-state index is 0.184. The molecular formula is C37H60N8O2S. The highest BCUT2D eigenvalue weighted by Gasteiger charge is 2.34. The van der Waals surface area contributed by atoms with Crippen molar-refractivity contribution in [3.8, 4) is 5.75 Å². The number of aryl methyl sites for hydroxylation is 1. The smallest absolute Gasteiger partial charge is 0.171 e. The van der Waals surface area contributed by atoms with Gasteiger partial charge in [0.05, 0.1) is 43.0 Å². The maximum absolute atomic E-state index is 10.9. The number of methoxy groups -OCH3 is 1. The summed E-state index contributed by atoms with van der Waals surface area (Å²) >= 11 is 1.16. The number of nitrogens with one attached hydrogen (secondary N) is 1. The number of ether oxygens (including phenoxy) is 1. The Bertz CT molecular complexity index is 1360. The molecule has 2 aromatic rings. The number of aromatic hydroxyl groups is 1. The maximum Gasteiger partial charge on any atom is 0.171 e. The number of hydrogen-bond donors (Lipinski definition) is 2. The van der Waals surface area contributed by atoms with Gasteiger partial charge in [0, 0.05) is 44.3 Å². The topological polar surface area (TPSA) is 102 Å². The van der Waals surface area contributed by atoms with Gasteiger partial charge in [0.15, 0.2) is 23.8 Å². The average molecular weight is 681 g/mol. The molecule has 1 aliphatic carbocycles. The first kappa shape index (κ1) is 39.2. The number of anilines is 3. The molecule has 2 aromatic heterocycles. The Balaban J connectivity index is 0.000000952. The molecule has 0 bridgehead atoms. The molecule has 2 N–H and O–H groups in total. The molecule has 5 rings (SSSR count). The highest BCUT2D eigenvalue weighted by atomic mass is 32.1. The Morgan fingerprint density at radius 2 is 1.83 bits per heavy atom. The summed E-state index contributed by atoms with van der Waals surface area (Å²) < 4.78 is 13.5. The number of aromatic nitrogens is 3. The summed E-state index contributed by atoms with van der Waals surface area (Å²) in [5.74, 6) is 2.61. The molecule has 0 spiro atoms. The number of likely N-dealkylation sites (tertiary alicyclic amines) is 1. The van der Waals surface area contributed by atoms with E-state index in [0.717, 1.165) is 81.9 Å². The predicted molar refractivity (Wildman–Crippen MR) is 203 cm³/mol. The first-order valence-corrected chi connectivity index (χ1v) is 18.4. The highest BCUT2D eigenvalue weighted by Crippen LogP contribution is 2.32. The summed E-state index contributed by atoms with van der Waals surface area (Å²) in [6.45, 7) is 25.1. The van der Waals surface area contributed by atoms with Crippen molar-refractivity contribution in [2.24, 2.45) is 10.9 Å². The molecule has 266 valence electrons. The number of hydrogen-bond acceptors (Lipinski definition) is 11. The van der Waals surface area contributed by atoms with Crippen LogP contribution in [-0.2, 0) is 4.74 Å². The minimum absolute atomic E-state index is 0.184. The fourth-order valence-electron chi connectivity index (χ4n) is 6.06. The largest absolute Gasteiger partial charge is 0.504 e. The number of aliphatic imine (C=N–C) groups is 1. The number of rotatable bonds is 12. The van der Waals surface area contributed by atoms with E-state index in [0.29, 0.717) is 36.0 Å². The zero-order valence-corrected chi connectivity index (χ0v) is 31.5. The second-order valence-electron chi connectivity index (χ2n) is 13.0. The lowest BCUT2D eigenvalue weighted by atomic mass is 9.97. The van der Waals surface area contributed by atoms with Gasteiger partial charge in [-0.05, 0) is 70.2 Å². The molecule has 10 nitrogen and oxygen atoms in total. The molecule has 11 heteroatoms. The Hall–Kier alpha value is -3.28. The minimum Gasteiger partial charge on any atom is -0.504 e. The molecule has 1 saturated carbocycles. The van der Waals surface area contributed by atoms with Gasteiger partial charge in [0.25, 0.3) is 0 Å². The van der Waals surface area contributed by atoms with Gasteiger partial charge in [0.2, 0.25) is 0 Å². The van der Waals surface area contributed by atoms with Crippen molar-refractivity contribution in [3.63, 3.8) is 0 Å². The molecule has 4 heterocycles. The SMILES string of the molecule is C=C/C(CN1CCC(N2CCN(c3ncc(Nc4nsnc4C)cc3O)CC2CC)CC1)=C(\C=C(C)C)CN=COC.CC.CC1CC1. The van der Waals surface area contributed by atoms with Crippen molar-refractivity contribution in [1.82, 2.24) is 23.5 Å². The first-order chi connectivity index (χ1) is 23.2. The van der Waals surface area contributed by atoms with E-state index >= 15 is 0 Å². The lowest BCUT2D eigenvalue weighted by molar-refractivity contribution is 0.0658. The molecule has 3 aliphatic rings. The zero-order valence-electron chi connectivity index (χ0n) is 30.7. The van der Waals surface area contributed by atoms with E-state index in [-0.39, 0.29) is 5.75 Å². The van der Waals surface area contributed by atoms with Crippen LogP contribution in [-0.4, -0.2) is 100 Å². The van der Waals surface area contributed by atoms with Gasteiger partial charge < -0.3 is 20.1 Å². The standard InChI is InChI=1S/C31H46N8O2S.C4H8.C2H6/c1-7-24(25(15-22(3)4)17-32-21-41-6)19-37-11-9-28(10-12-37)39-14-13-38(20-27(39)8-2)31-29(40)16-26(18-33-31)34-30-23(5)35-42-36-30;1-4-2-3-4;1-2/h7,15-16,18,21,27-28,40H,1,8-14,17,19-20H2,2-6H3,(H,34,36);4H,2-3H2,1H3;1-2H3/b25-24-,32-21?;;. The highest BCUT2D eigenvalue weighted by molar-refractivity contribution is 6.99. The molecule has 2 saturated heterocycles. The van der Waals surface area contributed by atoms with Crippen LogP contribution in [0.3, 0.4) is 0 Å². The van der Waals surface area contributed by atoms with Gasteiger partial charge >= 0.3 is 0 Å². The molecule has 3 fully saturated rings. The fourth-order valence-corrected chi connectivity index (χ4v) is 6.57. The number of pyridine rings is 1. The summed E-state index contributed by atoms with van der Waals surface area (Å²) in [6, 6.07) is 2.71. The molecule has 0 amide bonds. The van der Waals surface area contributed by atoms with Gasteiger partial charge in [-0.15, -0.1) is 0 Å². The third-order valence-electron chi connectivity index (χ3n) is 8.91. The monoisotopic (exact) mass is 680 g/mol. The van der Waals surface area contributed by atoms with E-state index in [1.165, 1.54) is 36.0 Å². The molecule has 2 aliphatic heterocycles. The number of allylic oxidation sites excluding steroid dienone is 1. The summed E-state index contributed by atoms with van der Waals surface area (Å²) in [6.07, 6.45) is 13.8. The fraction of sp³-hybridized carbons (Fsp3) is 0.622. The van der Waals surface area contributed by atoms with Crippen LogP contribution < -0.4 is 10.2 Å².